The Morgan fingerprint density at radius 1 is 1.18 bits per heavy atom. The molecule has 0 fully saturated rings. The highest BCUT2D eigenvalue weighted by Crippen LogP contribution is 2.34. The molecule has 1 aromatic carbocycles. The Balaban J connectivity index is 2.47. The summed E-state index contributed by atoms with van der Waals surface area (Å²) < 4.78 is 2.24. The molecular formula is C13H13Br2NS. The van der Waals surface area contributed by atoms with Crippen molar-refractivity contribution in [2.45, 2.75) is 19.9 Å². The molecule has 0 aliphatic rings. The van der Waals surface area contributed by atoms with Crippen LogP contribution in [0.2, 0.25) is 0 Å². The molecule has 0 radical (unpaired) electrons. The van der Waals surface area contributed by atoms with E-state index in [1.807, 2.05) is 12.1 Å². The fourth-order valence-electron chi connectivity index (χ4n) is 1.90. The number of hydrogen-bond donors (Lipinski definition) is 1. The van der Waals surface area contributed by atoms with E-state index in [4.69, 9.17) is 5.73 Å². The number of aryl methyl sites for hydroxylation is 1. The van der Waals surface area contributed by atoms with Crippen LogP contribution in [0.25, 0.3) is 0 Å². The van der Waals surface area contributed by atoms with Crippen LogP contribution >= 0.6 is 43.2 Å². The van der Waals surface area contributed by atoms with E-state index in [2.05, 4.69) is 57.8 Å². The average molecular weight is 375 g/mol. The maximum absolute atomic E-state index is 6.37. The van der Waals surface area contributed by atoms with Gasteiger partial charge in [0.2, 0.25) is 0 Å². The summed E-state index contributed by atoms with van der Waals surface area (Å²) in [5.74, 6) is 0. The highest BCUT2D eigenvalue weighted by atomic mass is 79.9. The van der Waals surface area contributed by atoms with E-state index in [1.54, 1.807) is 11.3 Å². The number of nitrogens with two attached hydrogens (primary N) is 1. The van der Waals surface area contributed by atoms with Crippen molar-refractivity contribution in [1.82, 2.24) is 0 Å². The zero-order valence-corrected chi connectivity index (χ0v) is 13.6. The van der Waals surface area contributed by atoms with Gasteiger partial charge in [-0.2, -0.15) is 0 Å². The number of thiophene rings is 1. The molecule has 0 aliphatic carbocycles. The molecule has 1 aromatic heterocycles. The maximum Gasteiger partial charge on any atom is 0.0704 e. The fraction of sp³-hybridized carbons (Fsp3) is 0.231. The van der Waals surface area contributed by atoms with Crippen molar-refractivity contribution in [3.63, 3.8) is 0 Å². The smallest absolute Gasteiger partial charge is 0.0704 e. The number of benzene rings is 1. The minimum absolute atomic E-state index is 0.0601. The Hall–Kier alpha value is -0.160. The van der Waals surface area contributed by atoms with Crippen molar-refractivity contribution in [1.29, 1.82) is 0 Å². The normalized spacial score (nSPS) is 12.8. The van der Waals surface area contributed by atoms with Gasteiger partial charge in [-0.05, 0) is 58.6 Å². The van der Waals surface area contributed by atoms with Gasteiger partial charge in [-0.15, -0.1) is 11.3 Å². The molecule has 0 aliphatic heterocycles. The highest BCUT2D eigenvalue weighted by molar-refractivity contribution is 9.11. The summed E-state index contributed by atoms with van der Waals surface area (Å²) in [4.78, 5) is 1.27. The van der Waals surface area contributed by atoms with Gasteiger partial charge >= 0.3 is 0 Å². The van der Waals surface area contributed by atoms with Crippen molar-refractivity contribution in [2.24, 2.45) is 5.73 Å². The van der Waals surface area contributed by atoms with E-state index < -0.39 is 0 Å². The zero-order chi connectivity index (χ0) is 12.6. The molecule has 2 N–H and O–H groups in total. The lowest BCUT2D eigenvalue weighted by molar-refractivity contribution is 0.858. The molecule has 2 rings (SSSR count). The van der Waals surface area contributed by atoms with Crippen molar-refractivity contribution >= 4 is 43.2 Å². The van der Waals surface area contributed by atoms with Gasteiger partial charge in [0.15, 0.2) is 0 Å². The molecular weight excluding hydrogens is 362 g/mol. The topological polar surface area (TPSA) is 26.0 Å². The van der Waals surface area contributed by atoms with Gasteiger partial charge in [0.1, 0.15) is 0 Å². The molecule has 0 saturated heterocycles. The first-order valence-corrected chi connectivity index (χ1v) is 7.67. The summed E-state index contributed by atoms with van der Waals surface area (Å²) in [6.07, 6.45) is 0. The van der Waals surface area contributed by atoms with Crippen molar-refractivity contribution in [2.75, 3.05) is 0 Å². The molecule has 0 spiro atoms. The Labute approximate surface area is 122 Å². The van der Waals surface area contributed by atoms with Crippen LogP contribution in [0.5, 0.6) is 0 Å². The molecule has 0 amide bonds. The molecule has 0 saturated carbocycles. The first-order chi connectivity index (χ1) is 8.00. The summed E-state index contributed by atoms with van der Waals surface area (Å²) in [6.45, 7) is 4.20. The van der Waals surface area contributed by atoms with Crippen LogP contribution in [0.1, 0.15) is 27.6 Å². The molecule has 90 valence electrons. The lowest BCUT2D eigenvalue weighted by atomic mass is 9.96. The summed E-state index contributed by atoms with van der Waals surface area (Å²) in [5.41, 5.74) is 9.95. The molecule has 17 heavy (non-hydrogen) atoms. The Kier molecular flexibility index (Phi) is 4.08. The molecule has 1 atom stereocenters. The van der Waals surface area contributed by atoms with Crippen molar-refractivity contribution in [3.8, 4) is 0 Å². The Morgan fingerprint density at radius 3 is 2.47 bits per heavy atom. The molecule has 1 heterocycles. The first-order valence-electron chi connectivity index (χ1n) is 5.27. The Morgan fingerprint density at radius 2 is 1.88 bits per heavy atom. The summed E-state index contributed by atoms with van der Waals surface area (Å²) in [5, 5.41) is 0. The van der Waals surface area contributed by atoms with E-state index in [-0.39, 0.29) is 6.04 Å². The van der Waals surface area contributed by atoms with Gasteiger partial charge in [0.25, 0.3) is 0 Å². The maximum atomic E-state index is 6.37. The van der Waals surface area contributed by atoms with Crippen LogP contribution in [0.15, 0.2) is 32.5 Å². The van der Waals surface area contributed by atoms with Crippen LogP contribution in [0.4, 0.5) is 0 Å². The number of rotatable bonds is 2. The van der Waals surface area contributed by atoms with Gasteiger partial charge in [-0.1, -0.05) is 28.1 Å². The van der Waals surface area contributed by atoms with Crippen molar-refractivity contribution < 1.29 is 0 Å². The second-order valence-electron chi connectivity index (χ2n) is 3.99. The van der Waals surface area contributed by atoms with E-state index >= 15 is 0 Å². The largest absolute Gasteiger partial charge is 0.320 e. The minimum Gasteiger partial charge on any atom is -0.320 e. The third-order valence-corrected chi connectivity index (χ3v) is 5.33. The van der Waals surface area contributed by atoms with Gasteiger partial charge < -0.3 is 5.73 Å². The van der Waals surface area contributed by atoms with Gasteiger partial charge in [0.05, 0.1) is 9.83 Å². The van der Waals surface area contributed by atoms with Crippen LogP contribution < -0.4 is 5.73 Å². The monoisotopic (exact) mass is 373 g/mol. The third kappa shape index (κ3) is 2.65. The van der Waals surface area contributed by atoms with Crippen LogP contribution in [-0.4, -0.2) is 0 Å². The second-order valence-corrected chi connectivity index (χ2v) is 7.48. The van der Waals surface area contributed by atoms with Gasteiger partial charge in [0, 0.05) is 9.35 Å². The van der Waals surface area contributed by atoms with Crippen LogP contribution in [-0.2, 0) is 0 Å². The summed E-state index contributed by atoms with van der Waals surface area (Å²) in [6, 6.07) is 8.22. The average Bonchev–Trinajstić information content (AvgIpc) is 2.61. The number of halogens is 2. The lowest BCUT2D eigenvalue weighted by Gasteiger charge is -2.15. The zero-order valence-electron chi connectivity index (χ0n) is 9.63. The molecule has 2 aromatic rings. The molecule has 1 nitrogen and oxygen atoms in total. The van der Waals surface area contributed by atoms with E-state index in [1.165, 1.54) is 21.6 Å². The molecule has 1 unspecified atom stereocenters. The molecule has 4 heteroatoms. The lowest BCUT2D eigenvalue weighted by Crippen LogP contribution is -2.13. The SMILES string of the molecule is Cc1sc(Br)cc1C(N)c1cccc(Br)c1C. The summed E-state index contributed by atoms with van der Waals surface area (Å²) in [7, 11) is 0. The molecule has 0 bridgehead atoms. The summed E-state index contributed by atoms with van der Waals surface area (Å²) >= 11 is 8.79. The number of hydrogen-bond acceptors (Lipinski definition) is 2. The highest BCUT2D eigenvalue weighted by Gasteiger charge is 2.16. The first kappa shape index (κ1) is 13.3. The Bertz CT molecular complexity index is 548. The van der Waals surface area contributed by atoms with Gasteiger partial charge in [-0.3, -0.25) is 0 Å². The predicted octanol–water partition coefficient (Wildman–Crippen LogP) is 4.94. The standard InChI is InChI=1S/C13H13Br2NS/c1-7-9(4-3-5-11(7)14)13(16)10-6-12(15)17-8(10)2/h3-6,13H,16H2,1-2H3. The fourth-order valence-corrected chi connectivity index (χ4v) is 4.03. The van der Waals surface area contributed by atoms with Gasteiger partial charge in [-0.25, -0.2) is 0 Å². The quantitative estimate of drug-likeness (QED) is 0.791. The minimum atomic E-state index is -0.0601. The van der Waals surface area contributed by atoms with E-state index in [0.717, 1.165) is 8.26 Å². The third-order valence-electron chi connectivity index (χ3n) is 2.91. The van der Waals surface area contributed by atoms with Crippen LogP contribution in [0.3, 0.4) is 0 Å². The van der Waals surface area contributed by atoms with Crippen LogP contribution in [0, 0.1) is 13.8 Å². The van der Waals surface area contributed by atoms with E-state index in [9.17, 15) is 0 Å². The predicted molar refractivity (Wildman–Crippen MR) is 81.7 cm³/mol. The van der Waals surface area contributed by atoms with Crippen molar-refractivity contribution in [3.05, 3.63) is 54.1 Å². The van der Waals surface area contributed by atoms with E-state index in [0.29, 0.717) is 0 Å². The second kappa shape index (κ2) is 5.22.